The van der Waals surface area contributed by atoms with Gasteiger partial charge in [0.05, 0.1) is 12.8 Å². The van der Waals surface area contributed by atoms with Crippen LogP contribution in [0.3, 0.4) is 0 Å². The van der Waals surface area contributed by atoms with Crippen LogP contribution in [-0.2, 0) is 87.6 Å². The molecule has 16 heteroatoms. The van der Waals surface area contributed by atoms with Crippen LogP contribution in [-0.4, -0.2) is 57.7 Å². The van der Waals surface area contributed by atoms with Gasteiger partial charge < -0.3 is 65.7 Å². The third-order valence-electron chi connectivity index (χ3n) is 1.87. The van der Waals surface area contributed by atoms with E-state index in [1.807, 2.05) is 0 Å². The Balaban J connectivity index is -0.0000000454. The summed E-state index contributed by atoms with van der Waals surface area (Å²) < 4.78 is 30.0. The number of carbonyl (C=O) groups excluding carboxylic acids is 2. The third kappa shape index (κ3) is 63.5. The number of amides is 2. The minimum atomic E-state index is 0. The molecule has 0 aliphatic carbocycles. The molecule has 0 fully saturated rings. The van der Waals surface area contributed by atoms with Gasteiger partial charge >= 0.3 is 79.3 Å². The Morgan fingerprint density at radius 2 is 0.944 bits per heavy atom. The standard InChI is InChI=1S/2C6H5N2O.2C2H6OS.4CO.2Fe/c2*9-5-8-6-3-1-2-4-7-6;2*3-1-2-4;4*1-2;;/h2*1-4H,(H,7,8,9);2*3-4H,1-2H2;;;;;;/q2*-1;;;;;;;2*+2/p-2. The van der Waals surface area contributed by atoms with Crippen LogP contribution in [0.5, 0.6) is 0 Å². The summed E-state index contributed by atoms with van der Waals surface area (Å²) in [6.45, 7) is 18.3. The van der Waals surface area contributed by atoms with Crippen molar-refractivity contribution in [1.82, 2.24) is 9.97 Å². The number of aromatic nitrogens is 2. The number of pyridine rings is 2. The van der Waals surface area contributed by atoms with Crippen LogP contribution in [0.25, 0.3) is 0 Å². The van der Waals surface area contributed by atoms with Crippen molar-refractivity contribution in [3.05, 3.63) is 75.4 Å². The van der Waals surface area contributed by atoms with Crippen LogP contribution >= 0.6 is 0 Å². The van der Waals surface area contributed by atoms with Gasteiger partial charge in [-0.2, -0.15) is 11.5 Å². The zero-order chi connectivity index (χ0) is 27.9. The molecule has 2 heterocycles. The predicted molar refractivity (Wildman–Crippen MR) is 121 cm³/mol. The first kappa shape index (κ1) is 54.7. The maximum atomic E-state index is 9.70. The zero-order valence-corrected chi connectivity index (χ0v) is 22.1. The normalized spacial score (nSPS) is 6.11. The van der Waals surface area contributed by atoms with Crippen molar-refractivity contribution in [2.24, 2.45) is 0 Å². The Bertz CT molecular complexity index is 637. The van der Waals surface area contributed by atoms with Crippen molar-refractivity contribution in [3.8, 4) is 0 Å². The fourth-order valence-corrected chi connectivity index (χ4v) is 0.978. The summed E-state index contributed by atoms with van der Waals surface area (Å²) in [5, 5.41) is 20.1. The summed E-state index contributed by atoms with van der Waals surface area (Å²) >= 11 is 8.61. The molecule has 0 radical (unpaired) electrons. The van der Waals surface area contributed by atoms with Crippen LogP contribution in [0, 0.1) is 26.6 Å². The van der Waals surface area contributed by atoms with E-state index in [-0.39, 0.29) is 47.4 Å². The second-order valence-electron chi connectivity index (χ2n) is 3.74. The minimum Gasteiger partial charge on any atom is 2.00 e. The molecule has 0 saturated carbocycles. The van der Waals surface area contributed by atoms with Crippen LogP contribution in [0.1, 0.15) is 0 Å². The molecule has 0 saturated heterocycles. The maximum Gasteiger partial charge on any atom is 2.00 e. The summed E-state index contributed by atoms with van der Waals surface area (Å²) in [7, 11) is 0. The first-order valence-corrected chi connectivity index (χ1v) is 9.13. The van der Waals surface area contributed by atoms with E-state index in [0.717, 1.165) is 0 Å². The van der Waals surface area contributed by atoms with Crippen LogP contribution < -0.4 is 10.6 Å². The molecule has 0 bridgehead atoms. The van der Waals surface area contributed by atoms with Gasteiger partial charge in [0.15, 0.2) is 0 Å². The molecular formula is C20H20Fe2N4O8S2. The number of nitrogens with zero attached hydrogens (tertiary/aromatic N) is 2. The van der Waals surface area contributed by atoms with Crippen molar-refractivity contribution in [3.63, 3.8) is 0 Å². The molecule has 196 valence electrons. The topological polar surface area (TPSA) is 204 Å². The molecule has 2 aromatic heterocycles. The van der Waals surface area contributed by atoms with Crippen LogP contribution in [0.4, 0.5) is 11.6 Å². The summed E-state index contributed by atoms with van der Waals surface area (Å²) in [4.78, 5) is 27.0. The Morgan fingerprint density at radius 1 is 0.694 bits per heavy atom. The van der Waals surface area contributed by atoms with E-state index in [0.29, 0.717) is 23.1 Å². The Kier molecular flexibility index (Phi) is 106. The van der Waals surface area contributed by atoms with Crippen LogP contribution in [0.15, 0.2) is 48.8 Å². The summed E-state index contributed by atoms with van der Waals surface area (Å²) in [6.07, 6.45) is 6.24. The Hall–Kier alpha value is -2.14. The number of aliphatic hydroxyl groups is 2. The van der Waals surface area contributed by atoms with E-state index in [9.17, 15) is 9.59 Å². The average molecular weight is 620 g/mol. The molecule has 12 nitrogen and oxygen atoms in total. The summed E-state index contributed by atoms with van der Waals surface area (Å²) in [6, 6.07) is 10.5. The summed E-state index contributed by atoms with van der Waals surface area (Å²) in [5.41, 5.74) is 0. The summed E-state index contributed by atoms with van der Waals surface area (Å²) in [5.74, 6) is 1.96. The van der Waals surface area contributed by atoms with E-state index in [1.54, 1.807) is 48.8 Å². The van der Waals surface area contributed by atoms with Crippen molar-refractivity contribution in [2.75, 3.05) is 35.4 Å². The monoisotopic (exact) mass is 620 g/mol. The van der Waals surface area contributed by atoms with E-state index >= 15 is 0 Å². The van der Waals surface area contributed by atoms with Crippen LogP contribution in [0.2, 0.25) is 0 Å². The SMILES string of the molecule is O=[C-]Nc1ccccn1.O=[C-]Nc1ccccn1.OCC[S-].OCC[S-].[C-]#[O+].[C-]#[O+].[C-]#[O+].[C-]#[O+].[Fe+2].[Fe+2]. The molecule has 4 N–H and O–H groups in total. The predicted octanol–water partition coefficient (Wildman–Crippen LogP) is 0.0176. The van der Waals surface area contributed by atoms with Gasteiger partial charge in [0.25, 0.3) is 0 Å². The van der Waals surface area contributed by atoms with E-state index < -0.39 is 0 Å². The van der Waals surface area contributed by atoms with E-state index in [1.165, 1.54) is 12.8 Å². The van der Waals surface area contributed by atoms with Gasteiger partial charge in [0, 0.05) is 25.6 Å². The first-order chi connectivity index (χ1) is 16.7. The fourth-order valence-electron chi connectivity index (χ4n) is 0.978. The van der Waals surface area contributed by atoms with Crippen molar-refractivity contribution >= 4 is 49.7 Å². The van der Waals surface area contributed by atoms with Gasteiger partial charge in [0.2, 0.25) is 0 Å². The molecule has 0 aliphatic rings. The molecule has 2 amide bonds. The van der Waals surface area contributed by atoms with Gasteiger partial charge in [-0.1, -0.05) is 12.1 Å². The first-order valence-electron chi connectivity index (χ1n) is 7.98. The van der Waals surface area contributed by atoms with Gasteiger partial charge in [-0.05, 0) is 23.8 Å². The number of nitrogens with one attached hydrogen (secondary N) is 2. The smallest absolute Gasteiger partial charge is 2.00 e. The van der Waals surface area contributed by atoms with E-state index in [4.69, 9.17) is 28.8 Å². The molecule has 0 spiro atoms. The molecule has 2 aromatic rings. The quantitative estimate of drug-likeness (QED) is 0.114. The fraction of sp³-hybridized carbons (Fsp3) is 0.200. The number of hydrogen-bond donors (Lipinski definition) is 4. The molecular weight excluding hydrogens is 600 g/mol. The molecule has 0 unspecified atom stereocenters. The van der Waals surface area contributed by atoms with Gasteiger partial charge in [-0.3, -0.25) is 0 Å². The molecule has 0 aliphatic heterocycles. The third-order valence-corrected chi connectivity index (χ3v) is 2.24. The van der Waals surface area contributed by atoms with Gasteiger partial charge in [-0.25, -0.2) is 0 Å². The van der Waals surface area contributed by atoms with E-state index in [2.05, 4.69) is 72.5 Å². The number of aliphatic hydroxyl groups excluding tert-OH is 2. The molecule has 0 aromatic carbocycles. The second-order valence-corrected chi connectivity index (χ2v) is 4.56. The molecule has 0 atom stereocenters. The minimum absolute atomic E-state index is 0. The number of hydrogen-bond acceptors (Lipinski definition) is 8. The average Bonchev–Trinajstić information content (AvgIpc) is 2.95. The van der Waals surface area contributed by atoms with Gasteiger partial charge in [0.1, 0.15) is 0 Å². The van der Waals surface area contributed by atoms with Crippen molar-refractivity contribution < 1.29 is 72.5 Å². The number of anilines is 2. The molecule has 36 heavy (non-hydrogen) atoms. The maximum absolute atomic E-state index is 9.70. The largest absolute Gasteiger partial charge is 2.00 e. The zero-order valence-electron chi connectivity index (χ0n) is 18.2. The number of rotatable bonds is 6. The van der Waals surface area contributed by atoms with Crippen molar-refractivity contribution in [1.29, 1.82) is 0 Å². The Morgan fingerprint density at radius 3 is 1.08 bits per heavy atom. The van der Waals surface area contributed by atoms with Gasteiger partial charge in [-0.15, -0.1) is 12.1 Å². The Labute approximate surface area is 242 Å². The second kappa shape index (κ2) is 69.8. The van der Waals surface area contributed by atoms with Crippen molar-refractivity contribution in [2.45, 2.75) is 0 Å². The molecule has 2 rings (SSSR count).